The second kappa shape index (κ2) is 16.6. The van der Waals surface area contributed by atoms with Gasteiger partial charge in [0, 0.05) is 53.5 Å². The predicted molar refractivity (Wildman–Crippen MR) is 215 cm³/mol. The molecule has 0 aliphatic carbocycles. The fourth-order valence-corrected chi connectivity index (χ4v) is 9.77. The Morgan fingerprint density at radius 2 is 1.29 bits per heavy atom. The first-order valence-corrected chi connectivity index (χ1v) is 20.9. The van der Waals surface area contributed by atoms with Crippen LogP contribution in [0, 0.1) is 11.4 Å². The van der Waals surface area contributed by atoms with Gasteiger partial charge in [-0.2, -0.15) is 8.75 Å². The van der Waals surface area contributed by atoms with Gasteiger partial charge in [-0.05, 0) is 60.9 Å². The Balaban J connectivity index is 1.21. The normalized spacial score (nSPS) is 12.0. The van der Waals surface area contributed by atoms with Crippen LogP contribution in [-0.2, 0) is 0 Å². The molecule has 6 heteroatoms. The molecule has 3 nitrogen and oxygen atoms in total. The first-order valence-electron chi connectivity index (χ1n) is 18.5. The lowest BCUT2D eigenvalue weighted by Gasteiger charge is -2.22. The van der Waals surface area contributed by atoms with E-state index in [0.29, 0.717) is 6.04 Å². The number of rotatable bonds is 18. The molecule has 0 atom stereocenters. The molecule has 0 fully saturated rings. The van der Waals surface area contributed by atoms with Gasteiger partial charge in [-0.3, -0.25) is 0 Å². The quantitative estimate of drug-likeness (QED) is 0.0834. The van der Waals surface area contributed by atoms with E-state index in [1.807, 2.05) is 17.4 Å². The fourth-order valence-electron chi connectivity index (χ4n) is 7.49. The molecule has 0 N–H and O–H groups in total. The Kier molecular flexibility index (Phi) is 11.6. The molecule has 0 spiro atoms. The lowest BCUT2D eigenvalue weighted by Crippen LogP contribution is -2.09. The van der Waals surface area contributed by atoms with Crippen LogP contribution < -0.4 is 0 Å². The molecule has 0 saturated heterocycles. The average molecular weight is 702 g/mol. The molecule has 2 radical (unpaired) electrons. The summed E-state index contributed by atoms with van der Waals surface area (Å²) >= 11 is 4.78. The monoisotopic (exact) mass is 701 g/mol. The van der Waals surface area contributed by atoms with Crippen LogP contribution in [-0.4, -0.2) is 13.3 Å². The summed E-state index contributed by atoms with van der Waals surface area (Å²) in [5.41, 5.74) is 8.27. The Morgan fingerprint density at radius 3 is 1.98 bits per heavy atom. The van der Waals surface area contributed by atoms with E-state index in [0.717, 1.165) is 22.2 Å². The molecular weight excluding hydrogens is 655 g/mol. The van der Waals surface area contributed by atoms with E-state index in [4.69, 9.17) is 8.75 Å². The first-order chi connectivity index (χ1) is 24.3. The van der Waals surface area contributed by atoms with E-state index in [9.17, 15) is 0 Å². The summed E-state index contributed by atoms with van der Waals surface area (Å²) in [6.07, 6.45) is 18.6. The van der Waals surface area contributed by atoms with E-state index >= 15 is 0 Å². The standard InChI is InChI=1S/C43H47N3S3/c1-3-5-7-9-11-13-18-32(19-14-12-10-8-6-4-2)46-37-21-16-15-20-33(37)34-24-23-31(30-38(34)46)39-27-28-41(48-39)36-26-25-35(40-22-17-29-47-40)42-43(36)45-49-44-42/h15,17,20-28,30,32H,3-14,18-19H2,1-2H3. The highest BCUT2D eigenvalue weighted by molar-refractivity contribution is 7.19. The van der Waals surface area contributed by atoms with Gasteiger partial charge in [0.1, 0.15) is 11.0 Å². The molecule has 0 aliphatic heterocycles. The minimum absolute atomic E-state index is 0.507. The van der Waals surface area contributed by atoms with Gasteiger partial charge >= 0.3 is 0 Å². The lowest BCUT2D eigenvalue weighted by molar-refractivity contribution is 0.410. The molecule has 0 aliphatic rings. The number of nitrogens with zero attached hydrogens (tertiary/aromatic N) is 3. The van der Waals surface area contributed by atoms with Gasteiger partial charge in [0.15, 0.2) is 0 Å². The summed E-state index contributed by atoms with van der Waals surface area (Å²) in [4.78, 5) is 3.71. The third-order valence-corrected chi connectivity index (χ3v) is 12.6. The van der Waals surface area contributed by atoms with Crippen molar-refractivity contribution in [2.75, 3.05) is 0 Å². The Morgan fingerprint density at radius 1 is 0.633 bits per heavy atom. The smallest absolute Gasteiger partial charge is 0.114 e. The first kappa shape index (κ1) is 34.1. The van der Waals surface area contributed by atoms with Crippen LogP contribution in [0.1, 0.15) is 110 Å². The van der Waals surface area contributed by atoms with Crippen molar-refractivity contribution in [1.29, 1.82) is 0 Å². The lowest BCUT2D eigenvalue weighted by atomic mass is 9.99. The Bertz CT molecular complexity index is 2060. The summed E-state index contributed by atoms with van der Waals surface area (Å²) in [6, 6.07) is 30.8. The number of hydrogen-bond acceptors (Lipinski definition) is 5. The summed E-state index contributed by atoms with van der Waals surface area (Å²) < 4.78 is 12.2. The highest BCUT2D eigenvalue weighted by Gasteiger charge is 2.20. The van der Waals surface area contributed by atoms with Crippen molar-refractivity contribution in [2.45, 2.75) is 110 Å². The van der Waals surface area contributed by atoms with Crippen molar-refractivity contribution < 1.29 is 0 Å². The average Bonchev–Trinajstić information content (AvgIpc) is 3.96. The van der Waals surface area contributed by atoms with E-state index < -0.39 is 0 Å². The molecule has 7 aromatic rings. The van der Waals surface area contributed by atoms with Gasteiger partial charge in [-0.15, -0.1) is 22.7 Å². The van der Waals surface area contributed by atoms with Gasteiger partial charge in [0.25, 0.3) is 0 Å². The van der Waals surface area contributed by atoms with Crippen molar-refractivity contribution in [3.63, 3.8) is 0 Å². The third kappa shape index (κ3) is 7.57. The second-order valence-electron chi connectivity index (χ2n) is 13.5. The summed E-state index contributed by atoms with van der Waals surface area (Å²) in [5, 5.41) is 5.93. The van der Waals surface area contributed by atoms with Gasteiger partial charge in [0.2, 0.25) is 0 Å². The number of aromatic nitrogens is 3. The van der Waals surface area contributed by atoms with Crippen LogP contribution in [0.25, 0.3) is 64.2 Å². The van der Waals surface area contributed by atoms with Crippen LogP contribution in [0.15, 0.2) is 72.8 Å². The molecule has 0 amide bonds. The van der Waals surface area contributed by atoms with Crippen LogP contribution in [0.2, 0.25) is 0 Å². The number of thiophene rings is 2. The van der Waals surface area contributed by atoms with Gasteiger partial charge in [0.05, 0.1) is 17.2 Å². The topological polar surface area (TPSA) is 30.7 Å². The third-order valence-electron chi connectivity index (χ3n) is 10.1. The second-order valence-corrected chi connectivity index (χ2v) is 16.0. The molecule has 0 saturated carbocycles. The van der Waals surface area contributed by atoms with Gasteiger partial charge in [-0.1, -0.05) is 127 Å². The molecule has 3 aromatic carbocycles. The van der Waals surface area contributed by atoms with Crippen LogP contribution in [0.3, 0.4) is 0 Å². The molecule has 4 heterocycles. The maximum atomic E-state index is 4.76. The van der Waals surface area contributed by atoms with Crippen LogP contribution in [0.4, 0.5) is 0 Å². The van der Waals surface area contributed by atoms with Crippen molar-refractivity contribution >= 4 is 67.2 Å². The molecule has 4 aromatic heterocycles. The zero-order chi connectivity index (χ0) is 33.4. The molecule has 0 unspecified atom stereocenters. The maximum Gasteiger partial charge on any atom is 0.114 e. The summed E-state index contributed by atoms with van der Waals surface area (Å²) in [6.45, 7) is 4.61. The van der Waals surface area contributed by atoms with E-state index in [1.165, 1.54) is 144 Å². The zero-order valence-electron chi connectivity index (χ0n) is 29.0. The highest BCUT2D eigenvalue weighted by atomic mass is 32.1. The van der Waals surface area contributed by atoms with E-state index in [2.05, 4.69) is 96.6 Å². The Hall–Kier alpha value is -3.32. The molecule has 7 rings (SSSR count). The van der Waals surface area contributed by atoms with E-state index in [-0.39, 0.29) is 0 Å². The minimum atomic E-state index is 0.507. The minimum Gasteiger partial charge on any atom is -0.337 e. The molecular formula is C43H47N3S3. The Labute approximate surface area is 304 Å². The van der Waals surface area contributed by atoms with E-state index in [1.54, 1.807) is 11.3 Å². The number of hydrogen-bond donors (Lipinski definition) is 0. The molecule has 49 heavy (non-hydrogen) atoms. The van der Waals surface area contributed by atoms with Crippen molar-refractivity contribution in [3.8, 4) is 31.3 Å². The predicted octanol–water partition coefficient (Wildman–Crippen LogP) is 14.6. The number of benzene rings is 3. The summed E-state index contributed by atoms with van der Waals surface area (Å²) in [7, 11) is 0. The van der Waals surface area contributed by atoms with Gasteiger partial charge < -0.3 is 4.57 Å². The number of fused-ring (bicyclic) bond motifs is 4. The van der Waals surface area contributed by atoms with Crippen LogP contribution >= 0.6 is 34.4 Å². The van der Waals surface area contributed by atoms with Crippen LogP contribution in [0.5, 0.6) is 0 Å². The van der Waals surface area contributed by atoms with Crippen molar-refractivity contribution in [1.82, 2.24) is 13.3 Å². The largest absolute Gasteiger partial charge is 0.337 e. The number of unbranched alkanes of at least 4 members (excludes halogenated alkanes) is 10. The summed E-state index contributed by atoms with van der Waals surface area (Å²) in [5.74, 6) is 0. The fraction of sp³-hybridized carbons (Fsp3) is 0.395. The SMILES string of the molecule is CCCCCCCCC(CCCCCCCC)n1c2c[c]ccc2c2ccc(-c3ccc(-c4ccc(-c5cc[c]s5)c5nsnc45)s3)cc21. The molecule has 252 valence electrons. The van der Waals surface area contributed by atoms with Gasteiger partial charge in [-0.25, -0.2) is 0 Å². The van der Waals surface area contributed by atoms with Crippen molar-refractivity contribution in [2.24, 2.45) is 0 Å². The molecule has 0 bridgehead atoms. The zero-order valence-corrected chi connectivity index (χ0v) is 31.4. The van der Waals surface area contributed by atoms with Crippen molar-refractivity contribution in [3.05, 3.63) is 84.2 Å². The highest BCUT2D eigenvalue weighted by Crippen LogP contribution is 2.43. The maximum absolute atomic E-state index is 4.76.